The maximum Gasteiger partial charge on any atom is 0.0532 e. The minimum absolute atomic E-state index is 0.173. The Balaban J connectivity index is 2.13. The third kappa shape index (κ3) is 2.75. The molecule has 0 aliphatic carbocycles. The maximum absolute atomic E-state index is 6.35. The highest BCUT2D eigenvalue weighted by atomic mass is 79.9. The van der Waals surface area contributed by atoms with Crippen molar-refractivity contribution in [1.82, 2.24) is 0 Å². The van der Waals surface area contributed by atoms with E-state index in [4.69, 9.17) is 5.73 Å². The van der Waals surface area contributed by atoms with Crippen LogP contribution in [0.15, 0.2) is 15.9 Å². The van der Waals surface area contributed by atoms with E-state index in [1.165, 1.54) is 20.9 Å². The molecule has 1 aliphatic heterocycles. The summed E-state index contributed by atoms with van der Waals surface area (Å²) in [5.41, 5.74) is 6.35. The van der Waals surface area contributed by atoms with Crippen molar-refractivity contribution in [2.24, 2.45) is 5.73 Å². The number of nitrogens with two attached hydrogens (primary N) is 1. The molecule has 3 unspecified atom stereocenters. The summed E-state index contributed by atoms with van der Waals surface area (Å²) in [7, 11) is 0. The smallest absolute Gasteiger partial charge is 0.0532 e. The zero-order valence-corrected chi connectivity index (χ0v) is 12.5. The van der Waals surface area contributed by atoms with Crippen LogP contribution in [-0.2, 0) is 0 Å². The molecule has 2 N–H and O–H groups in total. The van der Waals surface area contributed by atoms with E-state index < -0.39 is 0 Å². The van der Waals surface area contributed by atoms with Crippen LogP contribution in [0.4, 0.5) is 0 Å². The SMILES string of the molecule is CC1SCCSC1C(N)c1sccc1Br. The number of thiophene rings is 1. The highest BCUT2D eigenvalue weighted by Gasteiger charge is 2.30. The zero-order chi connectivity index (χ0) is 10.8. The summed E-state index contributed by atoms with van der Waals surface area (Å²) >= 11 is 9.40. The maximum atomic E-state index is 6.35. The standard InChI is InChI=1S/C10H14BrNS3/c1-6-9(15-5-4-13-6)8(12)10-7(11)2-3-14-10/h2-3,6,8-9H,4-5,12H2,1H3. The molecule has 84 valence electrons. The molecule has 0 saturated carbocycles. The third-order valence-electron chi connectivity index (χ3n) is 2.54. The van der Waals surface area contributed by atoms with Gasteiger partial charge in [-0.2, -0.15) is 23.5 Å². The lowest BCUT2D eigenvalue weighted by Crippen LogP contribution is -2.33. The van der Waals surface area contributed by atoms with Gasteiger partial charge in [-0.3, -0.25) is 0 Å². The predicted octanol–water partition coefficient (Wildman–Crippen LogP) is 3.75. The predicted molar refractivity (Wildman–Crippen MR) is 77.1 cm³/mol. The molecule has 0 aromatic carbocycles. The lowest BCUT2D eigenvalue weighted by molar-refractivity contribution is 0.672. The molecule has 1 nitrogen and oxygen atoms in total. The minimum atomic E-state index is 0.173. The fourth-order valence-electron chi connectivity index (χ4n) is 1.74. The van der Waals surface area contributed by atoms with Gasteiger partial charge in [-0.15, -0.1) is 11.3 Å². The fraction of sp³-hybridized carbons (Fsp3) is 0.600. The minimum Gasteiger partial charge on any atom is -0.322 e. The Kier molecular flexibility index (Phi) is 4.47. The van der Waals surface area contributed by atoms with Gasteiger partial charge >= 0.3 is 0 Å². The number of thioether (sulfide) groups is 2. The van der Waals surface area contributed by atoms with Gasteiger partial charge in [-0.05, 0) is 27.4 Å². The van der Waals surface area contributed by atoms with Crippen LogP contribution >= 0.6 is 50.8 Å². The Morgan fingerprint density at radius 3 is 2.80 bits per heavy atom. The van der Waals surface area contributed by atoms with Gasteiger partial charge in [0, 0.05) is 31.4 Å². The Hall–Kier alpha value is 0.840. The molecule has 0 radical (unpaired) electrons. The normalized spacial score (nSPS) is 29.0. The Morgan fingerprint density at radius 2 is 2.20 bits per heavy atom. The van der Waals surface area contributed by atoms with Gasteiger partial charge in [0.05, 0.1) is 6.04 Å². The van der Waals surface area contributed by atoms with Gasteiger partial charge in [0.1, 0.15) is 0 Å². The molecule has 0 bridgehead atoms. The first-order chi connectivity index (χ1) is 7.20. The van der Waals surface area contributed by atoms with Crippen LogP contribution in [0.3, 0.4) is 0 Å². The first-order valence-corrected chi connectivity index (χ1v) is 8.69. The molecule has 1 fully saturated rings. The van der Waals surface area contributed by atoms with Gasteiger partial charge in [0.25, 0.3) is 0 Å². The quantitative estimate of drug-likeness (QED) is 0.897. The first kappa shape index (κ1) is 12.3. The van der Waals surface area contributed by atoms with Crippen LogP contribution < -0.4 is 5.73 Å². The van der Waals surface area contributed by atoms with Crippen LogP contribution in [-0.4, -0.2) is 22.0 Å². The van der Waals surface area contributed by atoms with Crippen molar-refractivity contribution < 1.29 is 0 Å². The van der Waals surface area contributed by atoms with Crippen molar-refractivity contribution in [3.05, 3.63) is 20.8 Å². The van der Waals surface area contributed by atoms with E-state index in [-0.39, 0.29) is 6.04 Å². The average Bonchev–Trinajstić information content (AvgIpc) is 2.64. The van der Waals surface area contributed by atoms with Crippen molar-refractivity contribution in [2.45, 2.75) is 23.5 Å². The second kappa shape index (κ2) is 5.45. The number of halogens is 1. The monoisotopic (exact) mass is 323 g/mol. The van der Waals surface area contributed by atoms with E-state index in [9.17, 15) is 0 Å². The lowest BCUT2D eigenvalue weighted by atomic mass is 10.1. The van der Waals surface area contributed by atoms with E-state index >= 15 is 0 Å². The summed E-state index contributed by atoms with van der Waals surface area (Å²) in [5.74, 6) is 2.50. The molecule has 3 atom stereocenters. The van der Waals surface area contributed by atoms with E-state index in [0.717, 1.165) is 0 Å². The van der Waals surface area contributed by atoms with Crippen molar-refractivity contribution in [2.75, 3.05) is 11.5 Å². The number of hydrogen-bond acceptors (Lipinski definition) is 4. The molecule has 0 amide bonds. The highest BCUT2D eigenvalue weighted by molar-refractivity contribution is 9.10. The molecule has 5 heteroatoms. The Bertz CT molecular complexity index is 328. The Morgan fingerprint density at radius 1 is 1.47 bits per heavy atom. The molecule has 0 spiro atoms. The van der Waals surface area contributed by atoms with Gasteiger partial charge in [-0.1, -0.05) is 6.92 Å². The van der Waals surface area contributed by atoms with Gasteiger partial charge < -0.3 is 5.73 Å². The van der Waals surface area contributed by atoms with Gasteiger partial charge in [0.15, 0.2) is 0 Å². The number of hydrogen-bond donors (Lipinski definition) is 1. The average molecular weight is 324 g/mol. The summed E-state index contributed by atoms with van der Waals surface area (Å²) in [6, 6.07) is 2.26. The van der Waals surface area contributed by atoms with Gasteiger partial charge in [-0.25, -0.2) is 0 Å². The molecule has 2 heterocycles. The summed E-state index contributed by atoms with van der Waals surface area (Å²) < 4.78 is 1.17. The second-order valence-corrected chi connectivity index (χ2v) is 8.14. The van der Waals surface area contributed by atoms with E-state index in [1.54, 1.807) is 11.3 Å². The summed E-state index contributed by atoms with van der Waals surface area (Å²) in [6.45, 7) is 2.29. The van der Waals surface area contributed by atoms with Crippen LogP contribution in [0.1, 0.15) is 17.8 Å². The van der Waals surface area contributed by atoms with E-state index in [2.05, 4.69) is 34.3 Å². The lowest BCUT2D eigenvalue weighted by Gasteiger charge is -2.32. The van der Waals surface area contributed by atoms with Crippen LogP contribution in [0.2, 0.25) is 0 Å². The molecule has 1 saturated heterocycles. The van der Waals surface area contributed by atoms with Crippen molar-refractivity contribution in [1.29, 1.82) is 0 Å². The Labute approximate surface area is 112 Å². The molecular weight excluding hydrogens is 310 g/mol. The van der Waals surface area contributed by atoms with Crippen molar-refractivity contribution in [3.63, 3.8) is 0 Å². The van der Waals surface area contributed by atoms with E-state index in [1.807, 2.05) is 23.5 Å². The van der Waals surface area contributed by atoms with Crippen molar-refractivity contribution >= 4 is 50.8 Å². The van der Waals surface area contributed by atoms with Crippen LogP contribution in [0.25, 0.3) is 0 Å². The zero-order valence-electron chi connectivity index (χ0n) is 8.48. The first-order valence-electron chi connectivity index (χ1n) is 4.92. The summed E-state index contributed by atoms with van der Waals surface area (Å²) in [5, 5.41) is 3.32. The van der Waals surface area contributed by atoms with Gasteiger partial charge in [0.2, 0.25) is 0 Å². The van der Waals surface area contributed by atoms with Crippen LogP contribution in [0, 0.1) is 0 Å². The largest absolute Gasteiger partial charge is 0.322 e. The fourth-order valence-corrected chi connectivity index (χ4v) is 6.37. The molecule has 1 aliphatic rings. The molecule has 1 aromatic heterocycles. The second-order valence-electron chi connectivity index (χ2n) is 3.57. The topological polar surface area (TPSA) is 26.0 Å². The van der Waals surface area contributed by atoms with Crippen LogP contribution in [0.5, 0.6) is 0 Å². The number of rotatable bonds is 2. The van der Waals surface area contributed by atoms with E-state index in [0.29, 0.717) is 10.5 Å². The molecule has 2 rings (SSSR count). The summed E-state index contributed by atoms with van der Waals surface area (Å²) in [4.78, 5) is 1.29. The highest BCUT2D eigenvalue weighted by Crippen LogP contribution is 2.40. The van der Waals surface area contributed by atoms with Crippen molar-refractivity contribution in [3.8, 4) is 0 Å². The molecule has 15 heavy (non-hydrogen) atoms. The summed E-state index contributed by atoms with van der Waals surface area (Å²) in [6.07, 6.45) is 0. The molecule has 1 aromatic rings. The third-order valence-corrected chi connectivity index (χ3v) is 7.73. The molecular formula is C10H14BrNS3.